The van der Waals surface area contributed by atoms with Crippen LogP contribution < -0.4 is 4.74 Å². The molecule has 0 radical (unpaired) electrons. The number of ether oxygens (including phenoxy) is 1. The standard InChI is InChI=1S/C24H18ClN3O7/c25-17-7-13(10-26-27-22(29)19-14-4-5-15(9-14)20(19)23(27)30)8-18(28(33)34)21(17)35-11-12-2-1-3-16(6-12)24(31)32/h1-8,10,14-15,19-20H,9,11H2,(H,31,32). The third-order valence-electron chi connectivity index (χ3n) is 6.57. The van der Waals surface area contributed by atoms with Gasteiger partial charge in [-0.25, -0.2) is 4.79 Å². The van der Waals surface area contributed by atoms with Crippen LogP contribution in [0.5, 0.6) is 5.75 Å². The number of benzene rings is 2. The summed E-state index contributed by atoms with van der Waals surface area (Å²) in [7, 11) is 0. The monoisotopic (exact) mass is 495 g/mol. The second-order valence-electron chi connectivity index (χ2n) is 8.64. The van der Waals surface area contributed by atoms with Gasteiger partial charge in [0.2, 0.25) is 5.75 Å². The molecule has 1 saturated carbocycles. The maximum Gasteiger partial charge on any atom is 0.335 e. The number of fused-ring (bicyclic) bond motifs is 5. The van der Waals surface area contributed by atoms with E-state index >= 15 is 0 Å². The Morgan fingerprint density at radius 2 is 1.89 bits per heavy atom. The van der Waals surface area contributed by atoms with Gasteiger partial charge in [-0.05, 0) is 42.0 Å². The van der Waals surface area contributed by atoms with E-state index in [2.05, 4.69) is 5.10 Å². The van der Waals surface area contributed by atoms with Crippen molar-refractivity contribution in [1.82, 2.24) is 5.01 Å². The van der Waals surface area contributed by atoms with Gasteiger partial charge in [-0.3, -0.25) is 19.7 Å². The van der Waals surface area contributed by atoms with E-state index in [0.717, 1.165) is 11.4 Å². The molecule has 2 aromatic carbocycles. The number of imide groups is 1. The molecule has 4 atom stereocenters. The lowest BCUT2D eigenvalue weighted by Gasteiger charge is -2.13. The van der Waals surface area contributed by atoms with Crippen molar-refractivity contribution in [2.75, 3.05) is 0 Å². The van der Waals surface area contributed by atoms with Crippen LogP contribution in [0, 0.1) is 33.8 Å². The predicted molar refractivity (Wildman–Crippen MR) is 123 cm³/mol. The summed E-state index contributed by atoms with van der Waals surface area (Å²) in [6.07, 6.45) is 5.94. The molecule has 178 valence electrons. The highest BCUT2D eigenvalue weighted by Gasteiger charge is 2.59. The molecule has 35 heavy (non-hydrogen) atoms. The normalized spacial score (nSPS) is 24.4. The highest BCUT2D eigenvalue weighted by molar-refractivity contribution is 6.32. The number of amides is 2. The van der Waals surface area contributed by atoms with E-state index in [4.69, 9.17) is 21.4 Å². The van der Waals surface area contributed by atoms with E-state index in [-0.39, 0.29) is 52.2 Å². The fourth-order valence-electron chi connectivity index (χ4n) is 5.03. The maximum atomic E-state index is 12.8. The number of nitro groups is 1. The summed E-state index contributed by atoms with van der Waals surface area (Å²) >= 11 is 6.26. The quantitative estimate of drug-likeness (QED) is 0.203. The highest BCUT2D eigenvalue weighted by atomic mass is 35.5. The van der Waals surface area contributed by atoms with Crippen LogP contribution in [-0.2, 0) is 16.2 Å². The van der Waals surface area contributed by atoms with Gasteiger partial charge in [-0.2, -0.15) is 10.1 Å². The zero-order valence-corrected chi connectivity index (χ0v) is 18.8. The number of carboxylic acids is 1. The van der Waals surface area contributed by atoms with Gasteiger partial charge in [-0.15, -0.1) is 0 Å². The molecule has 2 aliphatic carbocycles. The highest BCUT2D eigenvalue weighted by Crippen LogP contribution is 2.52. The summed E-state index contributed by atoms with van der Waals surface area (Å²) in [5.41, 5.74) is 0.311. The number of hydrazone groups is 1. The molecular weight excluding hydrogens is 478 g/mol. The molecule has 2 aromatic rings. The summed E-state index contributed by atoms with van der Waals surface area (Å²) in [6, 6.07) is 8.51. The zero-order valence-electron chi connectivity index (χ0n) is 18.0. The smallest absolute Gasteiger partial charge is 0.335 e. The number of hydrogen-bond acceptors (Lipinski definition) is 7. The first-order valence-electron chi connectivity index (χ1n) is 10.8. The molecule has 1 saturated heterocycles. The molecule has 0 spiro atoms. The van der Waals surface area contributed by atoms with Crippen molar-refractivity contribution < 1.29 is 29.2 Å². The van der Waals surface area contributed by atoms with Crippen molar-refractivity contribution in [3.05, 3.63) is 80.4 Å². The Labute approximate surface area is 203 Å². The molecule has 1 N–H and O–H groups in total. The van der Waals surface area contributed by atoms with Crippen molar-refractivity contribution >= 4 is 41.3 Å². The molecule has 1 aliphatic heterocycles. The first-order chi connectivity index (χ1) is 16.7. The first-order valence-corrected chi connectivity index (χ1v) is 11.2. The number of aromatic carboxylic acids is 1. The van der Waals surface area contributed by atoms with Crippen LogP contribution in [0.15, 0.2) is 53.7 Å². The number of carboxylic acid groups (broad SMARTS) is 1. The Hall–Kier alpha value is -4.05. The van der Waals surface area contributed by atoms with Crippen LogP contribution in [0.4, 0.5) is 5.69 Å². The molecule has 2 bridgehead atoms. The van der Waals surface area contributed by atoms with Crippen molar-refractivity contribution in [1.29, 1.82) is 0 Å². The van der Waals surface area contributed by atoms with Gasteiger partial charge in [0.05, 0.1) is 33.6 Å². The predicted octanol–water partition coefficient (Wildman–Crippen LogP) is 3.67. The Balaban J connectivity index is 1.36. The van der Waals surface area contributed by atoms with Crippen LogP contribution in [0.25, 0.3) is 0 Å². The molecule has 2 amide bonds. The van der Waals surface area contributed by atoms with Gasteiger partial charge >= 0.3 is 11.7 Å². The van der Waals surface area contributed by atoms with E-state index in [1.54, 1.807) is 6.07 Å². The fourth-order valence-corrected chi connectivity index (χ4v) is 5.30. The van der Waals surface area contributed by atoms with Crippen LogP contribution in [0.2, 0.25) is 5.02 Å². The van der Waals surface area contributed by atoms with Crippen LogP contribution >= 0.6 is 11.6 Å². The summed E-state index contributed by atoms with van der Waals surface area (Å²) in [6.45, 7) is -0.148. The number of nitro benzene ring substituents is 1. The first kappa shape index (κ1) is 22.7. The molecule has 4 unspecified atom stereocenters. The minimum absolute atomic E-state index is 0.0461. The van der Waals surface area contributed by atoms with Crippen LogP contribution in [0.3, 0.4) is 0 Å². The molecule has 1 heterocycles. The zero-order chi connectivity index (χ0) is 24.9. The van der Waals surface area contributed by atoms with Crippen molar-refractivity contribution in [2.45, 2.75) is 13.0 Å². The van der Waals surface area contributed by atoms with Gasteiger partial charge in [0, 0.05) is 11.6 Å². The SMILES string of the molecule is O=C(O)c1cccc(COc2c(Cl)cc(C=NN3C(=O)C4C5C=CC(C5)C4C3=O)cc2[N+](=O)[O-])c1. The minimum atomic E-state index is -1.11. The summed E-state index contributed by atoms with van der Waals surface area (Å²) in [5.74, 6) is -2.74. The third kappa shape index (κ3) is 3.95. The molecular formula is C24H18ClN3O7. The molecule has 10 nitrogen and oxygen atoms in total. The molecule has 3 aliphatic rings. The van der Waals surface area contributed by atoms with Crippen LogP contribution in [-0.4, -0.2) is 39.0 Å². The van der Waals surface area contributed by atoms with Crippen LogP contribution in [0.1, 0.15) is 27.9 Å². The molecule has 2 fully saturated rings. The second-order valence-corrected chi connectivity index (χ2v) is 9.04. The number of allylic oxidation sites excluding steroid dienone is 2. The van der Waals surface area contributed by atoms with E-state index in [9.17, 15) is 24.5 Å². The van der Waals surface area contributed by atoms with Gasteiger partial charge in [0.25, 0.3) is 11.8 Å². The molecule has 5 rings (SSSR count). The number of halogens is 1. The lowest BCUT2D eigenvalue weighted by atomic mass is 9.85. The Kier molecular flexibility index (Phi) is 5.60. The minimum Gasteiger partial charge on any atom is -0.481 e. The average Bonchev–Trinajstić information content (AvgIpc) is 3.51. The fraction of sp³-hybridized carbons (Fsp3) is 0.250. The number of carbonyl (C=O) groups excluding carboxylic acids is 2. The lowest BCUT2D eigenvalue weighted by Crippen LogP contribution is -2.28. The molecule has 11 heteroatoms. The van der Waals surface area contributed by atoms with E-state index in [1.807, 2.05) is 12.2 Å². The number of carbonyl (C=O) groups is 3. The largest absolute Gasteiger partial charge is 0.481 e. The Bertz CT molecular complexity index is 1310. The van der Waals surface area contributed by atoms with Gasteiger partial charge in [0.1, 0.15) is 6.61 Å². The topological polar surface area (TPSA) is 139 Å². The van der Waals surface area contributed by atoms with Gasteiger partial charge in [0.15, 0.2) is 0 Å². The van der Waals surface area contributed by atoms with E-state index in [1.165, 1.54) is 36.5 Å². The second kappa shape index (κ2) is 8.62. The Morgan fingerprint density at radius 1 is 1.20 bits per heavy atom. The van der Waals surface area contributed by atoms with Gasteiger partial charge < -0.3 is 9.84 Å². The third-order valence-corrected chi connectivity index (χ3v) is 6.85. The average molecular weight is 496 g/mol. The van der Waals surface area contributed by atoms with Crippen molar-refractivity contribution in [2.24, 2.45) is 28.8 Å². The number of nitrogens with zero attached hydrogens (tertiary/aromatic N) is 3. The van der Waals surface area contributed by atoms with Gasteiger partial charge in [-0.1, -0.05) is 35.9 Å². The lowest BCUT2D eigenvalue weighted by molar-refractivity contribution is -0.385. The van der Waals surface area contributed by atoms with Crippen molar-refractivity contribution in [3.8, 4) is 5.75 Å². The summed E-state index contributed by atoms with van der Waals surface area (Å²) in [4.78, 5) is 47.7. The molecule has 0 aromatic heterocycles. The van der Waals surface area contributed by atoms with Crippen molar-refractivity contribution in [3.63, 3.8) is 0 Å². The summed E-state index contributed by atoms with van der Waals surface area (Å²) in [5, 5.41) is 25.6. The number of rotatable bonds is 7. The van der Waals surface area contributed by atoms with E-state index in [0.29, 0.717) is 5.56 Å². The maximum absolute atomic E-state index is 12.8. The van der Waals surface area contributed by atoms with E-state index < -0.39 is 28.4 Å². The summed E-state index contributed by atoms with van der Waals surface area (Å²) < 4.78 is 5.56. The number of hydrogen-bond donors (Lipinski definition) is 1. The Morgan fingerprint density at radius 3 is 2.51 bits per heavy atom.